The molecule has 0 aliphatic carbocycles. The summed E-state index contributed by atoms with van der Waals surface area (Å²) in [7, 11) is 0. The number of hydrogen-bond donors (Lipinski definition) is 0. The standard InChI is InChI=1S/C17H15ClO3/c18-15-2-1-3-17(14(15)11-19)21-8-6-12-4-5-16-13(10-12)7-9-20-16/h1-5,10-11H,6-9H2. The van der Waals surface area contributed by atoms with Crippen molar-refractivity contribution in [3.8, 4) is 11.5 Å². The largest absolute Gasteiger partial charge is 0.493 e. The van der Waals surface area contributed by atoms with Crippen LogP contribution in [0.5, 0.6) is 11.5 Å². The van der Waals surface area contributed by atoms with Crippen LogP contribution < -0.4 is 9.47 Å². The number of rotatable bonds is 5. The molecule has 1 heterocycles. The predicted octanol–water partition coefficient (Wildman–Crippen LogP) is 3.71. The topological polar surface area (TPSA) is 35.5 Å². The third-order valence-corrected chi connectivity index (χ3v) is 3.86. The Morgan fingerprint density at radius 2 is 2.19 bits per heavy atom. The molecule has 4 heteroatoms. The van der Waals surface area contributed by atoms with Gasteiger partial charge in [-0.25, -0.2) is 0 Å². The molecule has 0 bridgehead atoms. The van der Waals surface area contributed by atoms with E-state index in [-0.39, 0.29) is 0 Å². The van der Waals surface area contributed by atoms with Gasteiger partial charge in [-0.1, -0.05) is 29.8 Å². The van der Waals surface area contributed by atoms with Crippen LogP contribution in [0, 0.1) is 0 Å². The highest BCUT2D eigenvalue weighted by Crippen LogP contribution is 2.27. The lowest BCUT2D eigenvalue weighted by atomic mass is 10.1. The molecule has 0 spiro atoms. The maximum Gasteiger partial charge on any atom is 0.155 e. The monoisotopic (exact) mass is 302 g/mol. The average molecular weight is 303 g/mol. The number of aldehydes is 1. The number of hydrogen-bond acceptors (Lipinski definition) is 3. The molecule has 0 radical (unpaired) electrons. The molecule has 2 aromatic rings. The zero-order valence-corrected chi connectivity index (χ0v) is 12.2. The minimum Gasteiger partial charge on any atom is -0.493 e. The van der Waals surface area contributed by atoms with E-state index in [4.69, 9.17) is 21.1 Å². The fourth-order valence-corrected chi connectivity index (χ4v) is 2.64. The highest BCUT2D eigenvalue weighted by Gasteiger charge is 2.12. The first-order valence-electron chi connectivity index (χ1n) is 6.89. The molecule has 21 heavy (non-hydrogen) atoms. The summed E-state index contributed by atoms with van der Waals surface area (Å²) in [5.41, 5.74) is 2.86. The van der Waals surface area contributed by atoms with E-state index in [2.05, 4.69) is 6.07 Å². The molecule has 3 nitrogen and oxygen atoms in total. The Morgan fingerprint density at radius 1 is 1.29 bits per heavy atom. The van der Waals surface area contributed by atoms with E-state index >= 15 is 0 Å². The maximum absolute atomic E-state index is 11.0. The first-order valence-corrected chi connectivity index (χ1v) is 7.27. The van der Waals surface area contributed by atoms with E-state index in [1.54, 1.807) is 18.2 Å². The summed E-state index contributed by atoms with van der Waals surface area (Å²) in [6, 6.07) is 11.4. The van der Waals surface area contributed by atoms with Crippen molar-refractivity contribution in [3.05, 3.63) is 58.1 Å². The van der Waals surface area contributed by atoms with Crippen LogP contribution in [-0.2, 0) is 12.8 Å². The van der Waals surface area contributed by atoms with Gasteiger partial charge in [0.05, 0.1) is 23.8 Å². The first kappa shape index (κ1) is 14.0. The van der Waals surface area contributed by atoms with Gasteiger partial charge >= 0.3 is 0 Å². The quantitative estimate of drug-likeness (QED) is 0.790. The number of carbonyl (C=O) groups excluding carboxylic acids is 1. The highest BCUT2D eigenvalue weighted by molar-refractivity contribution is 6.33. The minimum absolute atomic E-state index is 0.404. The van der Waals surface area contributed by atoms with Gasteiger partial charge in [0.15, 0.2) is 6.29 Å². The molecule has 0 amide bonds. The fourth-order valence-electron chi connectivity index (χ4n) is 2.43. The van der Waals surface area contributed by atoms with Gasteiger partial charge in [0, 0.05) is 12.8 Å². The zero-order chi connectivity index (χ0) is 14.7. The Balaban J connectivity index is 1.64. The van der Waals surface area contributed by atoms with Crippen LogP contribution in [0.2, 0.25) is 5.02 Å². The van der Waals surface area contributed by atoms with Crippen LogP contribution in [0.15, 0.2) is 36.4 Å². The van der Waals surface area contributed by atoms with Crippen LogP contribution in [0.1, 0.15) is 21.5 Å². The molecule has 2 aromatic carbocycles. The van der Waals surface area contributed by atoms with Gasteiger partial charge in [-0.15, -0.1) is 0 Å². The summed E-state index contributed by atoms with van der Waals surface area (Å²) in [5.74, 6) is 1.51. The van der Waals surface area contributed by atoms with Crippen LogP contribution in [-0.4, -0.2) is 19.5 Å². The Kier molecular flexibility index (Phi) is 4.11. The average Bonchev–Trinajstić information content (AvgIpc) is 2.95. The van der Waals surface area contributed by atoms with Crippen molar-refractivity contribution >= 4 is 17.9 Å². The fraction of sp³-hybridized carbons (Fsp3) is 0.235. The lowest BCUT2D eigenvalue weighted by Crippen LogP contribution is -2.03. The van der Waals surface area contributed by atoms with E-state index < -0.39 is 0 Å². The van der Waals surface area contributed by atoms with Crippen molar-refractivity contribution in [2.75, 3.05) is 13.2 Å². The summed E-state index contributed by atoms with van der Waals surface area (Å²) in [4.78, 5) is 11.0. The van der Waals surface area contributed by atoms with Crippen molar-refractivity contribution in [1.82, 2.24) is 0 Å². The van der Waals surface area contributed by atoms with Crippen LogP contribution in [0.3, 0.4) is 0 Å². The minimum atomic E-state index is 0.404. The highest BCUT2D eigenvalue weighted by atomic mass is 35.5. The molecule has 0 N–H and O–H groups in total. The van der Waals surface area contributed by atoms with Gasteiger partial charge in [-0.3, -0.25) is 4.79 Å². The van der Waals surface area contributed by atoms with E-state index in [9.17, 15) is 4.79 Å². The molecule has 0 saturated carbocycles. The Hall–Kier alpha value is -2.00. The number of carbonyl (C=O) groups is 1. The summed E-state index contributed by atoms with van der Waals surface area (Å²) in [6.45, 7) is 1.27. The number of benzene rings is 2. The van der Waals surface area contributed by atoms with Gasteiger partial charge in [0.2, 0.25) is 0 Å². The van der Waals surface area contributed by atoms with Gasteiger partial charge < -0.3 is 9.47 Å². The van der Waals surface area contributed by atoms with Gasteiger partial charge in [-0.05, 0) is 29.3 Å². The third kappa shape index (κ3) is 3.03. The molecule has 0 aromatic heterocycles. The smallest absolute Gasteiger partial charge is 0.155 e. The van der Waals surface area contributed by atoms with Crippen molar-refractivity contribution < 1.29 is 14.3 Å². The summed E-state index contributed by atoms with van der Waals surface area (Å²) < 4.78 is 11.2. The van der Waals surface area contributed by atoms with E-state index in [1.165, 1.54) is 11.1 Å². The SMILES string of the molecule is O=Cc1c(Cl)cccc1OCCc1ccc2c(c1)CCO2. The molecule has 108 valence electrons. The lowest BCUT2D eigenvalue weighted by Gasteiger charge is -2.10. The molecular weight excluding hydrogens is 288 g/mol. The summed E-state index contributed by atoms with van der Waals surface area (Å²) in [5, 5.41) is 0.414. The lowest BCUT2D eigenvalue weighted by molar-refractivity contribution is 0.112. The number of halogens is 1. The normalized spacial score (nSPS) is 12.6. The molecule has 0 fully saturated rings. The molecule has 1 aliphatic rings. The van der Waals surface area contributed by atoms with Crippen LogP contribution >= 0.6 is 11.6 Å². The molecule has 3 rings (SSSR count). The second kappa shape index (κ2) is 6.19. The molecular formula is C17H15ClO3. The molecule has 0 unspecified atom stereocenters. The van der Waals surface area contributed by atoms with Crippen molar-refractivity contribution in [1.29, 1.82) is 0 Å². The zero-order valence-electron chi connectivity index (χ0n) is 11.5. The Bertz CT molecular complexity index is 667. The van der Waals surface area contributed by atoms with Gasteiger partial charge in [-0.2, -0.15) is 0 Å². The third-order valence-electron chi connectivity index (χ3n) is 3.53. The van der Waals surface area contributed by atoms with E-state index in [0.29, 0.717) is 22.9 Å². The second-order valence-electron chi connectivity index (χ2n) is 4.91. The first-order chi connectivity index (χ1) is 10.3. The Labute approximate surface area is 128 Å². The molecule has 1 aliphatic heterocycles. The Morgan fingerprint density at radius 3 is 3.05 bits per heavy atom. The molecule has 0 saturated heterocycles. The summed E-state index contributed by atoms with van der Waals surface area (Å²) >= 11 is 5.96. The van der Waals surface area contributed by atoms with Gasteiger partial charge in [0.25, 0.3) is 0 Å². The van der Waals surface area contributed by atoms with Crippen molar-refractivity contribution in [2.24, 2.45) is 0 Å². The van der Waals surface area contributed by atoms with E-state index in [1.807, 2.05) is 12.1 Å². The van der Waals surface area contributed by atoms with Crippen LogP contribution in [0.4, 0.5) is 0 Å². The second-order valence-corrected chi connectivity index (χ2v) is 5.32. The van der Waals surface area contributed by atoms with Crippen molar-refractivity contribution in [3.63, 3.8) is 0 Å². The number of fused-ring (bicyclic) bond motifs is 1. The maximum atomic E-state index is 11.0. The predicted molar refractivity (Wildman–Crippen MR) is 81.7 cm³/mol. The van der Waals surface area contributed by atoms with Crippen LogP contribution in [0.25, 0.3) is 0 Å². The number of ether oxygens (including phenoxy) is 2. The molecule has 0 atom stereocenters. The van der Waals surface area contributed by atoms with Gasteiger partial charge in [0.1, 0.15) is 11.5 Å². The van der Waals surface area contributed by atoms with Crippen molar-refractivity contribution in [2.45, 2.75) is 12.8 Å². The summed E-state index contributed by atoms with van der Waals surface area (Å²) in [6.07, 6.45) is 2.47. The van der Waals surface area contributed by atoms with E-state index in [0.717, 1.165) is 31.5 Å².